The molecule has 0 aliphatic heterocycles. The van der Waals surface area contributed by atoms with Crippen LogP contribution >= 0.6 is 0 Å². The van der Waals surface area contributed by atoms with Gasteiger partial charge in [0.1, 0.15) is 6.61 Å². The molecule has 0 saturated carbocycles. The van der Waals surface area contributed by atoms with E-state index in [9.17, 15) is 4.79 Å². The number of carbonyl (C=O) groups is 1. The summed E-state index contributed by atoms with van der Waals surface area (Å²) in [6.07, 6.45) is 1.90. The number of benzene rings is 1. The molecular formula is C18H24N2O3. The Labute approximate surface area is 137 Å². The molecule has 0 radical (unpaired) electrons. The van der Waals surface area contributed by atoms with Gasteiger partial charge in [-0.15, -0.1) is 0 Å². The van der Waals surface area contributed by atoms with Crippen LogP contribution < -0.4 is 0 Å². The van der Waals surface area contributed by atoms with Gasteiger partial charge >= 0.3 is 6.16 Å². The quantitative estimate of drug-likeness (QED) is 0.550. The largest absolute Gasteiger partial charge is 0.508 e. The number of pyridine rings is 1. The number of aromatic nitrogens is 1. The van der Waals surface area contributed by atoms with E-state index in [1.165, 1.54) is 0 Å². The van der Waals surface area contributed by atoms with Crippen molar-refractivity contribution in [3.05, 3.63) is 42.1 Å². The summed E-state index contributed by atoms with van der Waals surface area (Å²) in [6.45, 7) is 7.74. The van der Waals surface area contributed by atoms with E-state index >= 15 is 0 Å². The van der Waals surface area contributed by atoms with Gasteiger partial charge in [0.15, 0.2) is 0 Å². The van der Waals surface area contributed by atoms with E-state index in [-0.39, 0.29) is 6.61 Å². The van der Waals surface area contributed by atoms with Crippen LogP contribution in [0.4, 0.5) is 4.79 Å². The molecule has 0 atom stereocenters. The molecule has 0 N–H and O–H groups in total. The van der Waals surface area contributed by atoms with Crippen molar-refractivity contribution < 1.29 is 14.3 Å². The Morgan fingerprint density at radius 1 is 1.17 bits per heavy atom. The predicted octanol–water partition coefficient (Wildman–Crippen LogP) is 3.62. The molecule has 0 saturated heterocycles. The highest BCUT2D eigenvalue weighted by molar-refractivity contribution is 5.78. The molecule has 0 aliphatic rings. The number of hydrogen-bond acceptors (Lipinski definition) is 5. The molecular weight excluding hydrogens is 292 g/mol. The van der Waals surface area contributed by atoms with Gasteiger partial charge in [-0.2, -0.15) is 0 Å². The number of para-hydroxylation sites is 1. The van der Waals surface area contributed by atoms with Crippen LogP contribution in [0.25, 0.3) is 10.9 Å². The molecule has 1 aromatic carbocycles. The maximum Gasteiger partial charge on any atom is 0.508 e. The molecule has 2 aromatic rings. The first-order chi connectivity index (χ1) is 11.2. The molecule has 5 nitrogen and oxygen atoms in total. The number of hydrogen-bond donors (Lipinski definition) is 0. The van der Waals surface area contributed by atoms with Crippen molar-refractivity contribution in [1.29, 1.82) is 0 Å². The predicted molar refractivity (Wildman–Crippen MR) is 90.3 cm³/mol. The Kier molecular flexibility index (Phi) is 6.81. The SMILES string of the molecule is CCN(CC)CCCOC(=O)OCc1cnc2ccccc2c1. The van der Waals surface area contributed by atoms with Gasteiger partial charge in [0.25, 0.3) is 0 Å². The van der Waals surface area contributed by atoms with Crippen molar-refractivity contribution in [3.63, 3.8) is 0 Å². The molecule has 0 aliphatic carbocycles. The molecule has 1 aromatic heterocycles. The number of ether oxygens (including phenoxy) is 2. The van der Waals surface area contributed by atoms with E-state index in [1.54, 1.807) is 6.20 Å². The molecule has 0 unspecified atom stereocenters. The highest BCUT2D eigenvalue weighted by Crippen LogP contribution is 2.13. The molecule has 0 spiro atoms. The monoisotopic (exact) mass is 316 g/mol. The fourth-order valence-corrected chi connectivity index (χ4v) is 2.36. The second-order valence-corrected chi connectivity index (χ2v) is 5.30. The van der Waals surface area contributed by atoms with Crippen LogP contribution in [0.3, 0.4) is 0 Å². The lowest BCUT2D eigenvalue weighted by Crippen LogP contribution is -2.25. The van der Waals surface area contributed by atoms with Crippen LogP contribution in [0.2, 0.25) is 0 Å². The minimum Gasteiger partial charge on any atom is -0.434 e. The Hall–Kier alpha value is -2.14. The van der Waals surface area contributed by atoms with Crippen LogP contribution in [0.1, 0.15) is 25.8 Å². The zero-order chi connectivity index (χ0) is 16.5. The second-order valence-electron chi connectivity index (χ2n) is 5.30. The van der Waals surface area contributed by atoms with Crippen LogP contribution in [-0.2, 0) is 16.1 Å². The van der Waals surface area contributed by atoms with Crippen LogP contribution in [0.15, 0.2) is 36.5 Å². The summed E-state index contributed by atoms with van der Waals surface area (Å²) in [7, 11) is 0. The molecule has 0 amide bonds. The highest BCUT2D eigenvalue weighted by Gasteiger charge is 2.06. The van der Waals surface area contributed by atoms with Crippen molar-refractivity contribution in [2.45, 2.75) is 26.9 Å². The molecule has 23 heavy (non-hydrogen) atoms. The Balaban J connectivity index is 1.71. The van der Waals surface area contributed by atoms with Crippen molar-refractivity contribution in [2.24, 2.45) is 0 Å². The normalized spacial score (nSPS) is 10.9. The van der Waals surface area contributed by atoms with Crippen LogP contribution in [0.5, 0.6) is 0 Å². The molecule has 5 heteroatoms. The molecule has 1 heterocycles. The lowest BCUT2D eigenvalue weighted by molar-refractivity contribution is 0.0474. The molecule has 0 bridgehead atoms. The maximum absolute atomic E-state index is 11.6. The van der Waals surface area contributed by atoms with Crippen LogP contribution in [-0.4, -0.2) is 42.3 Å². The molecule has 0 fully saturated rings. The van der Waals surface area contributed by atoms with E-state index in [4.69, 9.17) is 9.47 Å². The van der Waals surface area contributed by atoms with Gasteiger partial charge in [-0.05, 0) is 31.6 Å². The summed E-state index contributed by atoms with van der Waals surface area (Å²) in [4.78, 5) is 18.2. The van der Waals surface area contributed by atoms with Gasteiger partial charge in [0.05, 0.1) is 12.1 Å². The van der Waals surface area contributed by atoms with Gasteiger partial charge in [-0.25, -0.2) is 4.79 Å². The summed E-state index contributed by atoms with van der Waals surface area (Å²) in [5.74, 6) is 0. The maximum atomic E-state index is 11.6. The second kappa shape index (κ2) is 9.10. The van der Waals surface area contributed by atoms with Gasteiger partial charge in [0.2, 0.25) is 0 Å². The number of fused-ring (bicyclic) bond motifs is 1. The number of rotatable bonds is 8. The fourth-order valence-electron chi connectivity index (χ4n) is 2.36. The average Bonchev–Trinajstić information content (AvgIpc) is 2.60. The van der Waals surface area contributed by atoms with Gasteiger partial charge in [0, 0.05) is 23.7 Å². The lowest BCUT2D eigenvalue weighted by atomic mass is 10.2. The first kappa shape index (κ1) is 17.2. The Bertz CT molecular complexity index is 626. The summed E-state index contributed by atoms with van der Waals surface area (Å²) in [6, 6.07) is 9.80. The lowest BCUT2D eigenvalue weighted by Gasteiger charge is -2.17. The van der Waals surface area contributed by atoms with E-state index < -0.39 is 6.16 Å². The zero-order valence-corrected chi connectivity index (χ0v) is 13.8. The smallest absolute Gasteiger partial charge is 0.434 e. The first-order valence-corrected chi connectivity index (χ1v) is 8.08. The van der Waals surface area contributed by atoms with Crippen molar-refractivity contribution in [3.8, 4) is 0 Å². The summed E-state index contributed by atoms with van der Waals surface area (Å²) in [5.41, 5.74) is 1.78. The minimum absolute atomic E-state index is 0.173. The zero-order valence-electron chi connectivity index (χ0n) is 13.8. The van der Waals surface area contributed by atoms with Gasteiger partial charge in [-0.3, -0.25) is 4.98 Å². The van der Waals surface area contributed by atoms with E-state index in [0.29, 0.717) is 6.61 Å². The third-order valence-electron chi connectivity index (χ3n) is 3.74. The Morgan fingerprint density at radius 3 is 2.74 bits per heavy atom. The fraction of sp³-hybridized carbons (Fsp3) is 0.444. The Morgan fingerprint density at radius 2 is 1.96 bits per heavy atom. The number of nitrogens with zero attached hydrogens (tertiary/aromatic N) is 2. The van der Waals surface area contributed by atoms with Crippen molar-refractivity contribution in [1.82, 2.24) is 9.88 Å². The van der Waals surface area contributed by atoms with Crippen molar-refractivity contribution >= 4 is 17.1 Å². The first-order valence-electron chi connectivity index (χ1n) is 8.08. The third-order valence-corrected chi connectivity index (χ3v) is 3.74. The summed E-state index contributed by atoms with van der Waals surface area (Å²) < 4.78 is 10.2. The summed E-state index contributed by atoms with van der Waals surface area (Å²) in [5, 5.41) is 1.03. The van der Waals surface area contributed by atoms with Crippen molar-refractivity contribution in [2.75, 3.05) is 26.2 Å². The third kappa shape index (κ3) is 5.53. The average molecular weight is 316 g/mol. The minimum atomic E-state index is -0.627. The standard InChI is InChI=1S/C18H24N2O3/c1-3-20(4-2)10-7-11-22-18(21)23-14-15-12-16-8-5-6-9-17(16)19-13-15/h5-6,8-9,12-13H,3-4,7,10-11,14H2,1-2H3. The molecule has 124 valence electrons. The van der Waals surface area contributed by atoms with E-state index in [2.05, 4.69) is 23.7 Å². The highest BCUT2D eigenvalue weighted by atomic mass is 16.7. The van der Waals surface area contributed by atoms with E-state index in [1.807, 2.05) is 30.3 Å². The van der Waals surface area contributed by atoms with Gasteiger partial charge < -0.3 is 14.4 Å². The topological polar surface area (TPSA) is 51.7 Å². The van der Waals surface area contributed by atoms with E-state index in [0.717, 1.165) is 42.5 Å². The summed E-state index contributed by atoms with van der Waals surface area (Å²) >= 11 is 0. The number of carbonyl (C=O) groups excluding carboxylic acids is 1. The van der Waals surface area contributed by atoms with Gasteiger partial charge in [-0.1, -0.05) is 32.0 Å². The van der Waals surface area contributed by atoms with Crippen LogP contribution in [0, 0.1) is 0 Å². The molecule has 2 rings (SSSR count).